The molecule has 5 rings (SSSR count). The number of primary amides is 1. The maximum Gasteiger partial charge on any atom is 0.280 e. The van der Waals surface area contributed by atoms with Crippen molar-refractivity contribution in [1.82, 2.24) is 26.3 Å². The van der Waals surface area contributed by atoms with Gasteiger partial charge in [0.15, 0.2) is 6.29 Å². The fourth-order valence-corrected chi connectivity index (χ4v) is 7.10. The van der Waals surface area contributed by atoms with Crippen molar-refractivity contribution in [1.29, 1.82) is 0 Å². The minimum absolute atomic E-state index is 0.0586. The highest BCUT2D eigenvalue weighted by molar-refractivity contribution is 6.11. The molecule has 4 aromatic rings. The number of hydrogen-bond donors (Lipinski definition) is 8. The van der Waals surface area contributed by atoms with Gasteiger partial charge in [0.2, 0.25) is 29.5 Å². The number of ether oxygens (including phenoxy) is 3. The van der Waals surface area contributed by atoms with Gasteiger partial charge in [-0.15, -0.1) is 0 Å². The molecule has 8 atom stereocenters. The third kappa shape index (κ3) is 12.9. The van der Waals surface area contributed by atoms with Crippen molar-refractivity contribution in [3.05, 3.63) is 88.5 Å². The third-order valence-corrected chi connectivity index (χ3v) is 10.4. The molecule has 0 saturated carbocycles. The van der Waals surface area contributed by atoms with E-state index in [9.17, 15) is 44.3 Å². The van der Waals surface area contributed by atoms with E-state index in [4.69, 9.17) is 19.9 Å². The fraction of sp³-hybridized carbons (Fsp3) is 0.442. The van der Waals surface area contributed by atoms with Crippen LogP contribution in [-0.4, -0.2) is 118 Å². The molecule has 1 saturated heterocycles. The van der Waals surface area contributed by atoms with Gasteiger partial charge in [-0.1, -0.05) is 54.6 Å². The van der Waals surface area contributed by atoms with Gasteiger partial charge in [-0.3, -0.25) is 34.1 Å². The molecular weight excluding hydrogens is 821 g/mol. The van der Waals surface area contributed by atoms with E-state index in [2.05, 4.69) is 31.6 Å². The molecule has 1 fully saturated rings. The molecule has 63 heavy (non-hydrogen) atoms. The summed E-state index contributed by atoms with van der Waals surface area (Å²) < 4.78 is 17.6. The number of nitrogens with zero attached hydrogens (tertiary/aromatic N) is 2. The van der Waals surface area contributed by atoms with Gasteiger partial charge in [0.1, 0.15) is 47.9 Å². The standard InChI is InChI=1S/C43H54N8O12/c1-24(47-42(58)25(2)62-39-37(48-26(3)53)43(63-33(22-52)38(39)55)61-23-27-12-5-4-6-13-27)41(57)50-31(40(44)56)18-19-34(54)45-20-9-10-21-46-36-28-14-7-8-15-29(28)49-30-16-11-17-32(35(30)36)51(59)60/h4-8,11-17,24-25,31,33,37-39,43,52,55H,9-10,18-23H2,1-3H3,(H2,44,56)(H,45,54)(H,46,49)(H,47,58)(H,48,53)(H,50,57)/t24-,25?,31+,33+,37-,38+,39+,43-/m0/s1. The van der Waals surface area contributed by atoms with E-state index >= 15 is 0 Å². The van der Waals surface area contributed by atoms with Gasteiger partial charge in [0, 0.05) is 37.9 Å². The minimum Gasteiger partial charge on any atom is -0.394 e. The van der Waals surface area contributed by atoms with Crippen molar-refractivity contribution in [3.8, 4) is 0 Å². The van der Waals surface area contributed by atoms with Crippen LogP contribution in [0.4, 0.5) is 11.4 Å². The summed E-state index contributed by atoms with van der Waals surface area (Å²) in [6.45, 7) is 4.14. The summed E-state index contributed by atoms with van der Waals surface area (Å²) in [5.41, 5.74) is 8.05. The van der Waals surface area contributed by atoms with Gasteiger partial charge in [-0.2, -0.15) is 0 Å². The zero-order valence-corrected chi connectivity index (χ0v) is 35.2. The zero-order chi connectivity index (χ0) is 45.6. The van der Waals surface area contributed by atoms with Crippen LogP contribution in [0.2, 0.25) is 0 Å². The Hall–Kier alpha value is -6.32. The lowest BCUT2D eigenvalue weighted by Crippen LogP contribution is -2.66. The zero-order valence-electron chi connectivity index (χ0n) is 35.2. The molecule has 0 spiro atoms. The van der Waals surface area contributed by atoms with Gasteiger partial charge in [0.05, 0.1) is 34.9 Å². The molecule has 0 bridgehead atoms. The number of amides is 5. The van der Waals surface area contributed by atoms with Crippen molar-refractivity contribution < 1.29 is 53.3 Å². The lowest BCUT2D eigenvalue weighted by molar-refractivity contribution is -0.383. The van der Waals surface area contributed by atoms with E-state index in [1.807, 2.05) is 54.6 Å². The van der Waals surface area contributed by atoms with E-state index < -0.39 is 84.0 Å². The Kier molecular flexibility index (Phi) is 17.2. The highest BCUT2D eigenvalue weighted by atomic mass is 16.7. The molecule has 1 unspecified atom stereocenters. The second-order valence-electron chi connectivity index (χ2n) is 15.1. The average Bonchev–Trinajstić information content (AvgIpc) is 3.26. The molecule has 338 valence electrons. The van der Waals surface area contributed by atoms with E-state index in [0.717, 1.165) is 10.9 Å². The Morgan fingerprint density at radius 3 is 2.33 bits per heavy atom. The highest BCUT2D eigenvalue weighted by Gasteiger charge is 2.48. The number of carbonyl (C=O) groups excluding carboxylic acids is 5. The number of nitrogens with one attached hydrogen (secondary N) is 5. The minimum atomic E-state index is -1.50. The number of non-ortho nitro benzene ring substituents is 1. The second-order valence-corrected chi connectivity index (χ2v) is 15.1. The van der Waals surface area contributed by atoms with Crippen LogP contribution in [0, 0.1) is 10.1 Å². The number of pyridine rings is 1. The molecule has 20 heteroatoms. The van der Waals surface area contributed by atoms with Crippen LogP contribution >= 0.6 is 0 Å². The first-order valence-corrected chi connectivity index (χ1v) is 20.6. The Morgan fingerprint density at radius 2 is 1.63 bits per heavy atom. The SMILES string of the molecule is CC(=O)N[C@@H]1[C@@H](OCc2ccccc2)O[C@H](CO)[C@@H](O)[C@@H]1OC(C)C(=O)N[C@@H](C)C(=O)N[C@H](CCC(=O)NCCCCNc1c2ccccc2nc2cccc([N+](=O)[O-])c12)C(N)=O. The Labute approximate surface area is 362 Å². The number of nitro groups is 1. The summed E-state index contributed by atoms with van der Waals surface area (Å²) >= 11 is 0. The van der Waals surface area contributed by atoms with E-state index in [0.29, 0.717) is 48.0 Å². The molecule has 0 radical (unpaired) electrons. The van der Waals surface area contributed by atoms with Gasteiger partial charge in [-0.05, 0) is 50.8 Å². The quantitative estimate of drug-likeness (QED) is 0.0240. The number of unbranched alkanes of at least 4 members (excludes halogenated alkanes) is 1. The monoisotopic (exact) mass is 874 g/mol. The molecule has 1 aliphatic heterocycles. The van der Waals surface area contributed by atoms with Crippen LogP contribution in [0.25, 0.3) is 21.8 Å². The molecule has 1 aliphatic rings. The van der Waals surface area contributed by atoms with Gasteiger partial charge in [-0.25, -0.2) is 4.98 Å². The number of nitro benzene ring substituents is 1. The maximum atomic E-state index is 13.3. The van der Waals surface area contributed by atoms with Crippen LogP contribution in [-0.2, 0) is 44.8 Å². The lowest BCUT2D eigenvalue weighted by Gasteiger charge is -2.44. The number of hydrogen-bond acceptors (Lipinski definition) is 14. The number of nitrogens with two attached hydrogens (primary N) is 1. The van der Waals surface area contributed by atoms with Crippen LogP contribution < -0.4 is 32.3 Å². The largest absolute Gasteiger partial charge is 0.394 e. The van der Waals surface area contributed by atoms with Gasteiger partial charge < -0.3 is 56.7 Å². The first kappa shape index (κ1) is 47.7. The number of rotatable bonds is 22. The maximum absolute atomic E-state index is 13.3. The molecule has 1 aromatic heterocycles. The van der Waals surface area contributed by atoms with Gasteiger partial charge >= 0.3 is 0 Å². The van der Waals surface area contributed by atoms with Crippen LogP contribution in [0.3, 0.4) is 0 Å². The highest BCUT2D eigenvalue weighted by Crippen LogP contribution is 2.36. The first-order chi connectivity index (χ1) is 30.2. The molecule has 20 nitrogen and oxygen atoms in total. The summed E-state index contributed by atoms with van der Waals surface area (Å²) in [5, 5.41) is 47.7. The first-order valence-electron chi connectivity index (χ1n) is 20.6. The number of aliphatic hydroxyl groups is 2. The topological polar surface area (TPSA) is 296 Å². The normalized spacial score (nSPS) is 19.9. The molecular formula is C43H54N8O12. The van der Waals surface area contributed by atoms with E-state index in [-0.39, 0.29) is 31.0 Å². The molecule has 3 aromatic carbocycles. The van der Waals surface area contributed by atoms with Crippen molar-refractivity contribution in [2.24, 2.45) is 5.73 Å². The summed E-state index contributed by atoms with van der Waals surface area (Å²) in [7, 11) is 0. The van der Waals surface area contributed by atoms with Crippen LogP contribution in [0.15, 0.2) is 72.8 Å². The number of para-hydroxylation sites is 1. The van der Waals surface area contributed by atoms with E-state index in [1.54, 1.807) is 12.1 Å². The summed E-state index contributed by atoms with van der Waals surface area (Å²) in [6.07, 6.45) is -5.60. The summed E-state index contributed by atoms with van der Waals surface area (Å²) in [6, 6.07) is 17.6. The van der Waals surface area contributed by atoms with Crippen LogP contribution in [0.1, 0.15) is 52.0 Å². The number of benzene rings is 3. The van der Waals surface area contributed by atoms with Crippen LogP contribution in [0.5, 0.6) is 0 Å². The molecule has 2 heterocycles. The predicted molar refractivity (Wildman–Crippen MR) is 230 cm³/mol. The summed E-state index contributed by atoms with van der Waals surface area (Å²) in [4.78, 5) is 79.5. The van der Waals surface area contributed by atoms with Gasteiger partial charge in [0.25, 0.3) is 5.69 Å². The number of fused-ring (bicyclic) bond motifs is 2. The van der Waals surface area contributed by atoms with Crippen molar-refractivity contribution in [3.63, 3.8) is 0 Å². The number of aliphatic hydroxyl groups excluding tert-OH is 2. The van der Waals surface area contributed by atoms with Crippen molar-refractivity contribution in [2.45, 2.75) is 102 Å². The number of aromatic nitrogens is 1. The third-order valence-electron chi connectivity index (χ3n) is 10.4. The predicted octanol–water partition coefficient (Wildman–Crippen LogP) is 1.43. The molecule has 9 N–H and O–H groups in total. The Balaban J connectivity index is 1.07. The molecule has 0 aliphatic carbocycles. The second kappa shape index (κ2) is 22.7. The Bertz CT molecular complexity index is 2250. The smallest absolute Gasteiger partial charge is 0.280 e. The van der Waals surface area contributed by atoms with Crippen molar-refractivity contribution >= 4 is 62.7 Å². The summed E-state index contributed by atoms with van der Waals surface area (Å²) in [5.74, 6) is -3.34. The van der Waals surface area contributed by atoms with E-state index in [1.165, 1.54) is 26.8 Å². The molecule has 5 amide bonds. The van der Waals surface area contributed by atoms with Crippen molar-refractivity contribution in [2.75, 3.05) is 25.0 Å². The fourth-order valence-electron chi connectivity index (χ4n) is 7.10. The lowest BCUT2D eigenvalue weighted by atomic mass is 9.96. The Morgan fingerprint density at radius 1 is 0.937 bits per heavy atom. The average molecular weight is 875 g/mol. The number of anilines is 1. The number of carbonyl (C=O) groups is 5.